The van der Waals surface area contributed by atoms with Gasteiger partial charge in [-0.2, -0.15) is 19.6 Å². The molecule has 1 aromatic carbocycles. The second-order valence-corrected chi connectivity index (χ2v) is 13.3. The van der Waals surface area contributed by atoms with Crippen LogP contribution >= 0.6 is 11.6 Å². The quantitative estimate of drug-likeness (QED) is 0.219. The van der Waals surface area contributed by atoms with E-state index in [1.807, 2.05) is 18.2 Å². The smallest absolute Gasteiger partial charge is 0.435 e. The number of nitrogens with zero attached hydrogens (tertiary/aromatic N) is 6. The third-order valence-electron chi connectivity index (χ3n) is 6.99. The number of carbonyl (C=O) groups excluding carboxylic acids is 2. The maximum atomic E-state index is 12.5. The van der Waals surface area contributed by atoms with Crippen LogP contribution in [0.15, 0.2) is 42.7 Å². The van der Waals surface area contributed by atoms with Crippen LogP contribution in [0.25, 0.3) is 33.3 Å². The van der Waals surface area contributed by atoms with Gasteiger partial charge in [0.15, 0.2) is 10.9 Å². The van der Waals surface area contributed by atoms with E-state index in [4.69, 9.17) is 35.5 Å². The molecule has 4 heterocycles. The van der Waals surface area contributed by atoms with Gasteiger partial charge in [0.05, 0.1) is 32.7 Å². The maximum Gasteiger partial charge on any atom is 0.435 e. The SMILES string of the molecule is COc1cc2c(cnn2C(=O)OC(C)(C)C)nc1-c1cccc2c1CC(O)C2.COc1cc2c(cnn2C(=O)OC(C)(C)C)nc1Cl. The molecule has 0 amide bonds. The zero-order valence-electron chi connectivity index (χ0n) is 27.5. The highest BCUT2D eigenvalue weighted by Crippen LogP contribution is 2.37. The Morgan fingerprint density at radius 2 is 1.36 bits per heavy atom. The van der Waals surface area contributed by atoms with Crippen molar-refractivity contribution < 1.29 is 33.6 Å². The lowest BCUT2D eigenvalue weighted by Gasteiger charge is -2.19. The van der Waals surface area contributed by atoms with Gasteiger partial charge in [0.25, 0.3) is 0 Å². The van der Waals surface area contributed by atoms with Gasteiger partial charge in [-0.15, -0.1) is 0 Å². The van der Waals surface area contributed by atoms with Crippen molar-refractivity contribution in [3.8, 4) is 22.8 Å². The molecule has 0 aliphatic heterocycles. The summed E-state index contributed by atoms with van der Waals surface area (Å²) in [5.41, 5.74) is 4.64. The van der Waals surface area contributed by atoms with Gasteiger partial charge in [0, 0.05) is 17.7 Å². The maximum absolute atomic E-state index is 12.5. The third kappa shape index (κ3) is 7.31. The van der Waals surface area contributed by atoms with Gasteiger partial charge in [-0.1, -0.05) is 29.8 Å². The number of aromatic nitrogens is 6. The summed E-state index contributed by atoms with van der Waals surface area (Å²) in [7, 11) is 3.04. The van der Waals surface area contributed by atoms with Crippen molar-refractivity contribution in [2.75, 3.05) is 14.2 Å². The lowest BCUT2D eigenvalue weighted by Crippen LogP contribution is -2.27. The normalized spacial score (nSPS) is 14.4. The Labute approximate surface area is 276 Å². The lowest BCUT2D eigenvalue weighted by atomic mass is 9.99. The van der Waals surface area contributed by atoms with Crippen molar-refractivity contribution in [3.63, 3.8) is 0 Å². The van der Waals surface area contributed by atoms with E-state index in [9.17, 15) is 14.7 Å². The first-order valence-corrected chi connectivity index (χ1v) is 15.2. The van der Waals surface area contributed by atoms with E-state index in [2.05, 4.69) is 15.2 Å². The summed E-state index contributed by atoms with van der Waals surface area (Å²) in [5.74, 6) is 0.909. The van der Waals surface area contributed by atoms with E-state index in [0.717, 1.165) is 21.4 Å². The lowest BCUT2D eigenvalue weighted by molar-refractivity contribution is 0.0511. The number of hydrogen-bond acceptors (Lipinski definition) is 11. The van der Waals surface area contributed by atoms with Crippen molar-refractivity contribution in [1.82, 2.24) is 29.5 Å². The molecular formula is C33H37ClN6O7. The Morgan fingerprint density at radius 1 is 0.830 bits per heavy atom. The number of fused-ring (bicyclic) bond motifs is 3. The molecule has 0 fully saturated rings. The fraction of sp³-hybridized carbons (Fsp3) is 0.394. The molecule has 0 radical (unpaired) electrons. The fourth-order valence-corrected chi connectivity index (χ4v) is 5.32. The van der Waals surface area contributed by atoms with Crippen LogP contribution in [0.4, 0.5) is 9.59 Å². The molecule has 4 aromatic heterocycles. The molecule has 6 rings (SSSR count). The molecule has 0 bridgehead atoms. The monoisotopic (exact) mass is 664 g/mol. The summed E-state index contributed by atoms with van der Waals surface area (Å²) >= 11 is 5.91. The molecular weight excluding hydrogens is 628 g/mol. The summed E-state index contributed by atoms with van der Waals surface area (Å²) in [5, 5.41) is 18.4. The van der Waals surface area contributed by atoms with E-state index in [0.29, 0.717) is 52.1 Å². The van der Waals surface area contributed by atoms with Crippen LogP contribution in [-0.4, -0.2) is 78.3 Å². The van der Waals surface area contributed by atoms with Crippen molar-refractivity contribution in [1.29, 1.82) is 0 Å². The molecule has 1 aliphatic rings. The minimum Gasteiger partial charge on any atom is -0.494 e. The first kappa shape index (κ1) is 33.6. The van der Waals surface area contributed by atoms with Crippen molar-refractivity contribution in [2.45, 2.75) is 71.7 Å². The molecule has 5 aromatic rings. The number of rotatable bonds is 3. The van der Waals surface area contributed by atoms with Crippen LogP contribution in [-0.2, 0) is 22.3 Å². The zero-order valence-corrected chi connectivity index (χ0v) is 28.2. The summed E-state index contributed by atoms with van der Waals surface area (Å²) in [4.78, 5) is 33.3. The zero-order chi connectivity index (χ0) is 34.3. The van der Waals surface area contributed by atoms with Crippen molar-refractivity contribution in [3.05, 3.63) is 59.0 Å². The molecule has 1 aliphatic carbocycles. The largest absolute Gasteiger partial charge is 0.494 e. The number of benzene rings is 1. The Balaban J connectivity index is 0.000000199. The van der Waals surface area contributed by atoms with E-state index in [-0.39, 0.29) is 11.3 Å². The first-order valence-electron chi connectivity index (χ1n) is 14.9. The van der Waals surface area contributed by atoms with Gasteiger partial charge in [-0.3, -0.25) is 0 Å². The molecule has 1 N–H and O–H groups in total. The van der Waals surface area contributed by atoms with Gasteiger partial charge in [0.2, 0.25) is 0 Å². The van der Waals surface area contributed by atoms with Crippen molar-refractivity contribution in [2.24, 2.45) is 0 Å². The number of carbonyl (C=O) groups is 2. The van der Waals surface area contributed by atoms with Gasteiger partial charge in [0.1, 0.15) is 44.7 Å². The Bertz CT molecular complexity index is 1970. The molecule has 0 saturated carbocycles. The Hall–Kier alpha value is -4.75. The first-order chi connectivity index (χ1) is 22.1. The van der Waals surface area contributed by atoms with Crippen molar-refractivity contribution >= 4 is 45.9 Å². The second kappa shape index (κ2) is 12.8. The van der Waals surface area contributed by atoms with E-state index < -0.39 is 23.4 Å². The Kier molecular flexibility index (Phi) is 9.15. The van der Waals surface area contributed by atoms with Crippen LogP contribution in [0.2, 0.25) is 5.15 Å². The predicted molar refractivity (Wildman–Crippen MR) is 175 cm³/mol. The number of ether oxygens (including phenoxy) is 4. The number of aliphatic hydroxyl groups is 1. The molecule has 1 unspecified atom stereocenters. The number of aliphatic hydroxyl groups excluding tert-OH is 1. The molecule has 1 atom stereocenters. The number of methoxy groups -OCH3 is 2. The average molecular weight is 665 g/mol. The second-order valence-electron chi connectivity index (χ2n) is 12.9. The summed E-state index contributed by atoms with van der Waals surface area (Å²) in [6.45, 7) is 10.8. The highest BCUT2D eigenvalue weighted by Gasteiger charge is 2.26. The predicted octanol–water partition coefficient (Wildman–Crippen LogP) is 6.23. The minimum absolute atomic E-state index is 0.221. The van der Waals surface area contributed by atoms with Gasteiger partial charge in [-0.25, -0.2) is 19.6 Å². The molecule has 248 valence electrons. The molecule has 14 heteroatoms. The standard InChI is InChI=1S/C21H23N3O4.C12H14ClN3O3/c1-21(2,3)28-20(26)24-17-10-18(27-4)19(23-16(17)11-22-24)14-7-5-6-12-8-13(25)9-15(12)14;1-12(2,3)19-11(17)16-8-5-9(18-4)10(13)15-7(8)6-14-16/h5-7,10-11,13,25H,8-9H2,1-4H3;5-6H,1-4H3. The van der Waals surface area contributed by atoms with Crippen LogP contribution in [0.5, 0.6) is 11.5 Å². The Morgan fingerprint density at radius 3 is 1.89 bits per heavy atom. The molecule has 47 heavy (non-hydrogen) atoms. The number of halogens is 1. The average Bonchev–Trinajstić information content (AvgIpc) is 3.69. The van der Waals surface area contributed by atoms with Gasteiger partial charge >= 0.3 is 12.2 Å². The summed E-state index contributed by atoms with van der Waals surface area (Å²) in [6, 6.07) is 9.31. The molecule has 13 nitrogen and oxygen atoms in total. The van der Waals surface area contributed by atoms with Crippen LogP contribution in [0.3, 0.4) is 0 Å². The fourth-order valence-electron chi connectivity index (χ4n) is 5.10. The third-order valence-corrected chi connectivity index (χ3v) is 7.26. The van der Waals surface area contributed by atoms with E-state index in [1.54, 1.807) is 67.0 Å². The highest BCUT2D eigenvalue weighted by molar-refractivity contribution is 6.31. The van der Waals surface area contributed by atoms with E-state index >= 15 is 0 Å². The number of hydrogen-bond donors (Lipinski definition) is 1. The summed E-state index contributed by atoms with van der Waals surface area (Å²) < 4.78 is 23.6. The summed E-state index contributed by atoms with van der Waals surface area (Å²) in [6.07, 6.45) is 2.71. The molecule has 0 saturated heterocycles. The molecule has 0 spiro atoms. The highest BCUT2D eigenvalue weighted by atomic mass is 35.5. The number of pyridine rings is 2. The van der Waals surface area contributed by atoms with Crippen LogP contribution in [0, 0.1) is 0 Å². The topological polar surface area (TPSA) is 153 Å². The van der Waals surface area contributed by atoms with Crippen LogP contribution < -0.4 is 9.47 Å². The van der Waals surface area contributed by atoms with E-state index in [1.165, 1.54) is 18.0 Å². The van der Waals surface area contributed by atoms with Gasteiger partial charge in [-0.05, 0) is 65.5 Å². The minimum atomic E-state index is -0.627. The van der Waals surface area contributed by atoms with Crippen LogP contribution in [0.1, 0.15) is 52.7 Å². The van der Waals surface area contributed by atoms with Gasteiger partial charge < -0.3 is 24.1 Å².